The van der Waals surface area contributed by atoms with Gasteiger partial charge in [0.15, 0.2) is 0 Å². The summed E-state index contributed by atoms with van der Waals surface area (Å²) in [5.41, 5.74) is 1.23. The molecule has 0 radical (unpaired) electrons. The number of aromatic nitrogens is 2. The first-order chi connectivity index (χ1) is 10.3. The standard InChI is InChI=1S/C17H22N4O/c1-12-19-14(16(22)21-17(2,3)4)10-15(20-12)18-11-13-8-6-5-7-9-13/h5-10H,11H2,1-4H3,(H,21,22)(H,18,19,20). The van der Waals surface area contributed by atoms with Gasteiger partial charge in [0.2, 0.25) is 0 Å². The molecule has 0 saturated carbocycles. The zero-order valence-corrected chi connectivity index (χ0v) is 13.5. The quantitative estimate of drug-likeness (QED) is 0.910. The van der Waals surface area contributed by atoms with Crippen LogP contribution in [0.2, 0.25) is 0 Å². The minimum absolute atomic E-state index is 0.194. The van der Waals surface area contributed by atoms with Gasteiger partial charge in [-0.2, -0.15) is 0 Å². The molecular formula is C17H22N4O. The lowest BCUT2D eigenvalue weighted by molar-refractivity contribution is 0.0914. The van der Waals surface area contributed by atoms with E-state index in [1.54, 1.807) is 13.0 Å². The summed E-state index contributed by atoms with van der Waals surface area (Å²) in [5, 5.41) is 6.14. The van der Waals surface area contributed by atoms with Crippen LogP contribution in [0, 0.1) is 6.92 Å². The van der Waals surface area contributed by atoms with E-state index in [0.717, 1.165) is 5.56 Å². The minimum Gasteiger partial charge on any atom is -0.366 e. The van der Waals surface area contributed by atoms with E-state index in [-0.39, 0.29) is 11.4 Å². The highest BCUT2D eigenvalue weighted by atomic mass is 16.2. The second-order valence-electron chi connectivity index (χ2n) is 6.23. The molecule has 5 nitrogen and oxygen atoms in total. The summed E-state index contributed by atoms with van der Waals surface area (Å²) in [6.45, 7) is 8.24. The summed E-state index contributed by atoms with van der Waals surface area (Å²) in [5.74, 6) is 1.02. The van der Waals surface area contributed by atoms with E-state index < -0.39 is 0 Å². The Hall–Kier alpha value is -2.43. The normalized spacial score (nSPS) is 11.1. The number of rotatable bonds is 4. The molecule has 0 fully saturated rings. The highest BCUT2D eigenvalue weighted by Gasteiger charge is 2.17. The van der Waals surface area contributed by atoms with E-state index in [1.807, 2.05) is 51.1 Å². The first kappa shape index (κ1) is 15.9. The number of hydrogen-bond donors (Lipinski definition) is 2. The molecule has 116 valence electrons. The van der Waals surface area contributed by atoms with Crippen LogP contribution < -0.4 is 10.6 Å². The maximum absolute atomic E-state index is 12.2. The topological polar surface area (TPSA) is 66.9 Å². The van der Waals surface area contributed by atoms with Gasteiger partial charge in [0.25, 0.3) is 5.91 Å². The van der Waals surface area contributed by atoms with Crippen molar-refractivity contribution in [2.24, 2.45) is 0 Å². The molecule has 2 aromatic rings. The van der Waals surface area contributed by atoms with Gasteiger partial charge >= 0.3 is 0 Å². The molecule has 0 bridgehead atoms. The van der Waals surface area contributed by atoms with Crippen molar-refractivity contribution in [1.29, 1.82) is 0 Å². The van der Waals surface area contributed by atoms with Gasteiger partial charge in [-0.1, -0.05) is 30.3 Å². The van der Waals surface area contributed by atoms with Gasteiger partial charge < -0.3 is 10.6 Å². The van der Waals surface area contributed by atoms with E-state index in [4.69, 9.17) is 0 Å². The molecule has 0 atom stereocenters. The zero-order valence-electron chi connectivity index (χ0n) is 13.5. The van der Waals surface area contributed by atoms with Crippen molar-refractivity contribution in [3.8, 4) is 0 Å². The van der Waals surface area contributed by atoms with E-state index in [0.29, 0.717) is 23.9 Å². The monoisotopic (exact) mass is 298 g/mol. The van der Waals surface area contributed by atoms with Crippen LogP contribution in [0.15, 0.2) is 36.4 Å². The molecule has 1 aromatic carbocycles. The van der Waals surface area contributed by atoms with E-state index in [2.05, 4.69) is 20.6 Å². The molecule has 22 heavy (non-hydrogen) atoms. The molecule has 0 unspecified atom stereocenters. The Labute approximate surface area is 131 Å². The molecule has 0 spiro atoms. The number of hydrogen-bond acceptors (Lipinski definition) is 4. The average molecular weight is 298 g/mol. The number of nitrogens with one attached hydrogen (secondary N) is 2. The first-order valence-corrected chi connectivity index (χ1v) is 7.29. The number of carbonyl (C=O) groups is 1. The molecule has 2 N–H and O–H groups in total. The number of aryl methyl sites for hydroxylation is 1. The maximum Gasteiger partial charge on any atom is 0.270 e. The molecular weight excluding hydrogens is 276 g/mol. The molecule has 2 rings (SSSR count). The van der Waals surface area contributed by atoms with Crippen molar-refractivity contribution in [3.63, 3.8) is 0 Å². The largest absolute Gasteiger partial charge is 0.366 e. The summed E-state index contributed by atoms with van der Waals surface area (Å²) >= 11 is 0. The fourth-order valence-corrected chi connectivity index (χ4v) is 1.97. The predicted octanol–water partition coefficient (Wildman–Crippen LogP) is 2.93. The predicted molar refractivity (Wildman–Crippen MR) is 87.8 cm³/mol. The first-order valence-electron chi connectivity index (χ1n) is 7.29. The summed E-state index contributed by atoms with van der Waals surface area (Å²) < 4.78 is 0. The van der Waals surface area contributed by atoms with Crippen LogP contribution in [-0.4, -0.2) is 21.4 Å². The summed E-state index contributed by atoms with van der Waals surface area (Å²) in [4.78, 5) is 20.7. The Morgan fingerprint density at radius 1 is 1.14 bits per heavy atom. The van der Waals surface area contributed by atoms with Crippen molar-refractivity contribution in [2.45, 2.75) is 39.8 Å². The third-order valence-electron chi connectivity index (χ3n) is 2.88. The van der Waals surface area contributed by atoms with Gasteiger partial charge in [0.05, 0.1) is 0 Å². The highest BCUT2D eigenvalue weighted by Crippen LogP contribution is 2.10. The van der Waals surface area contributed by atoms with Crippen LogP contribution in [-0.2, 0) is 6.54 Å². The second-order valence-corrected chi connectivity index (χ2v) is 6.23. The Morgan fingerprint density at radius 2 is 1.82 bits per heavy atom. The van der Waals surface area contributed by atoms with Crippen molar-refractivity contribution in [3.05, 3.63) is 53.5 Å². The van der Waals surface area contributed by atoms with Gasteiger partial charge in [-0.25, -0.2) is 9.97 Å². The molecule has 1 aromatic heterocycles. The van der Waals surface area contributed by atoms with Gasteiger partial charge in [-0.15, -0.1) is 0 Å². The van der Waals surface area contributed by atoms with Crippen LogP contribution >= 0.6 is 0 Å². The number of nitrogens with zero attached hydrogens (tertiary/aromatic N) is 2. The van der Waals surface area contributed by atoms with Crippen molar-refractivity contribution < 1.29 is 4.79 Å². The lowest BCUT2D eigenvalue weighted by Crippen LogP contribution is -2.41. The highest BCUT2D eigenvalue weighted by molar-refractivity contribution is 5.93. The second kappa shape index (κ2) is 6.56. The molecule has 5 heteroatoms. The fraction of sp³-hybridized carbons (Fsp3) is 0.353. The van der Waals surface area contributed by atoms with Crippen LogP contribution in [0.5, 0.6) is 0 Å². The lowest BCUT2D eigenvalue weighted by Gasteiger charge is -2.20. The van der Waals surface area contributed by atoms with Gasteiger partial charge in [0, 0.05) is 18.2 Å². The van der Waals surface area contributed by atoms with Crippen molar-refractivity contribution in [1.82, 2.24) is 15.3 Å². The number of amides is 1. The Bertz CT molecular complexity index is 647. The molecule has 1 amide bonds. The zero-order chi connectivity index (χ0) is 16.2. The van der Waals surface area contributed by atoms with Crippen LogP contribution in [0.4, 0.5) is 5.82 Å². The maximum atomic E-state index is 12.2. The summed E-state index contributed by atoms with van der Waals surface area (Å²) in [7, 11) is 0. The summed E-state index contributed by atoms with van der Waals surface area (Å²) in [6, 6.07) is 11.7. The Balaban J connectivity index is 2.11. The third-order valence-corrected chi connectivity index (χ3v) is 2.88. The van der Waals surface area contributed by atoms with Gasteiger partial charge in [0.1, 0.15) is 17.3 Å². The van der Waals surface area contributed by atoms with Crippen LogP contribution in [0.3, 0.4) is 0 Å². The molecule has 0 aliphatic rings. The Morgan fingerprint density at radius 3 is 2.45 bits per heavy atom. The van der Waals surface area contributed by atoms with Gasteiger partial charge in [-0.3, -0.25) is 4.79 Å². The number of benzene rings is 1. The van der Waals surface area contributed by atoms with E-state index >= 15 is 0 Å². The average Bonchev–Trinajstić information content (AvgIpc) is 2.44. The third kappa shape index (κ3) is 4.84. The van der Waals surface area contributed by atoms with Crippen molar-refractivity contribution in [2.75, 3.05) is 5.32 Å². The van der Waals surface area contributed by atoms with E-state index in [1.165, 1.54) is 0 Å². The smallest absolute Gasteiger partial charge is 0.270 e. The molecule has 0 saturated heterocycles. The molecule has 0 aliphatic carbocycles. The van der Waals surface area contributed by atoms with E-state index in [9.17, 15) is 4.79 Å². The molecule has 0 aliphatic heterocycles. The van der Waals surface area contributed by atoms with Gasteiger partial charge in [-0.05, 0) is 33.3 Å². The minimum atomic E-state index is -0.298. The summed E-state index contributed by atoms with van der Waals surface area (Å²) in [6.07, 6.45) is 0. The Kier molecular flexibility index (Phi) is 4.75. The number of anilines is 1. The fourth-order valence-electron chi connectivity index (χ4n) is 1.97. The molecule has 1 heterocycles. The lowest BCUT2D eigenvalue weighted by atomic mass is 10.1. The number of carbonyl (C=O) groups excluding carboxylic acids is 1. The van der Waals surface area contributed by atoms with Crippen LogP contribution in [0.1, 0.15) is 42.6 Å². The van der Waals surface area contributed by atoms with Crippen LogP contribution in [0.25, 0.3) is 0 Å². The SMILES string of the molecule is Cc1nc(NCc2ccccc2)cc(C(=O)NC(C)(C)C)n1. The van der Waals surface area contributed by atoms with Crippen molar-refractivity contribution >= 4 is 11.7 Å².